The third-order valence-corrected chi connectivity index (χ3v) is 3.54. The Kier molecular flexibility index (Phi) is 2.60. The van der Waals surface area contributed by atoms with Crippen molar-refractivity contribution in [3.05, 3.63) is 41.3 Å². The van der Waals surface area contributed by atoms with Crippen LogP contribution in [0.1, 0.15) is 5.56 Å². The largest absolute Gasteiger partial charge is 0.397 e. The third-order valence-electron chi connectivity index (χ3n) is 2.63. The Balaban J connectivity index is 1.99. The number of aryl methyl sites for hydroxylation is 1. The van der Waals surface area contributed by atoms with Crippen LogP contribution in [0.3, 0.4) is 0 Å². The van der Waals surface area contributed by atoms with Gasteiger partial charge in [0.05, 0.1) is 5.69 Å². The number of hydrogen-bond acceptors (Lipinski definition) is 5. The van der Waals surface area contributed by atoms with Crippen LogP contribution in [0.5, 0.6) is 0 Å². The van der Waals surface area contributed by atoms with E-state index in [1.165, 1.54) is 16.9 Å². The Labute approximate surface area is 108 Å². The van der Waals surface area contributed by atoms with Gasteiger partial charge in [-0.3, -0.25) is 0 Å². The lowest BCUT2D eigenvalue weighted by molar-refractivity contribution is 0.433. The molecule has 0 saturated heterocycles. The maximum Gasteiger partial charge on any atom is 0.270 e. The van der Waals surface area contributed by atoms with E-state index in [2.05, 4.69) is 10.1 Å². The summed E-state index contributed by atoms with van der Waals surface area (Å²) in [5.41, 5.74) is 8.62. The van der Waals surface area contributed by atoms with Crippen LogP contribution in [0, 0.1) is 6.92 Å². The highest BCUT2D eigenvalue weighted by molar-refractivity contribution is 7.14. The number of thiophene rings is 1. The SMILES string of the molecule is Cc1ccc(-c2noc(-c3sccc3N)n2)cc1. The molecule has 0 bridgehead atoms. The van der Waals surface area contributed by atoms with Crippen LogP contribution in [-0.4, -0.2) is 10.1 Å². The highest BCUT2D eigenvalue weighted by Crippen LogP contribution is 2.31. The molecule has 1 aromatic carbocycles. The Morgan fingerprint density at radius 1 is 1.17 bits per heavy atom. The minimum absolute atomic E-state index is 0.470. The van der Waals surface area contributed by atoms with Gasteiger partial charge in [-0.2, -0.15) is 4.98 Å². The van der Waals surface area contributed by atoms with Gasteiger partial charge in [-0.05, 0) is 18.4 Å². The third kappa shape index (κ3) is 1.89. The van der Waals surface area contributed by atoms with Crippen molar-refractivity contribution in [2.45, 2.75) is 6.92 Å². The molecule has 18 heavy (non-hydrogen) atoms. The molecule has 0 amide bonds. The molecule has 4 nitrogen and oxygen atoms in total. The molecule has 3 rings (SSSR count). The van der Waals surface area contributed by atoms with Crippen molar-refractivity contribution in [2.75, 3.05) is 5.73 Å². The Morgan fingerprint density at radius 3 is 2.61 bits per heavy atom. The van der Waals surface area contributed by atoms with E-state index in [9.17, 15) is 0 Å². The first-order chi connectivity index (χ1) is 8.74. The van der Waals surface area contributed by atoms with Gasteiger partial charge in [0.25, 0.3) is 5.89 Å². The van der Waals surface area contributed by atoms with Crippen molar-refractivity contribution in [1.29, 1.82) is 0 Å². The van der Waals surface area contributed by atoms with Gasteiger partial charge in [-0.15, -0.1) is 11.3 Å². The lowest BCUT2D eigenvalue weighted by atomic mass is 10.1. The minimum atomic E-state index is 0.470. The summed E-state index contributed by atoms with van der Waals surface area (Å²) in [5, 5.41) is 5.88. The number of rotatable bonds is 2. The molecule has 5 heteroatoms. The van der Waals surface area contributed by atoms with Crippen LogP contribution in [0.25, 0.3) is 22.2 Å². The molecular formula is C13H11N3OS. The predicted octanol–water partition coefficient (Wildman–Crippen LogP) is 3.36. The summed E-state index contributed by atoms with van der Waals surface area (Å²) < 4.78 is 5.24. The van der Waals surface area contributed by atoms with Gasteiger partial charge >= 0.3 is 0 Å². The molecule has 3 aromatic rings. The number of anilines is 1. The van der Waals surface area contributed by atoms with Gasteiger partial charge < -0.3 is 10.3 Å². The topological polar surface area (TPSA) is 64.9 Å². The van der Waals surface area contributed by atoms with Gasteiger partial charge in [-0.1, -0.05) is 35.0 Å². The summed E-state index contributed by atoms with van der Waals surface area (Å²) in [7, 11) is 0. The molecule has 2 N–H and O–H groups in total. The molecule has 0 atom stereocenters. The number of aromatic nitrogens is 2. The molecule has 0 spiro atoms. The van der Waals surface area contributed by atoms with Crippen LogP contribution in [-0.2, 0) is 0 Å². The number of benzene rings is 1. The lowest BCUT2D eigenvalue weighted by Gasteiger charge is -1.94. The highest BCUT2D eigenvalue weighted by Gasteiger charge is 2.13. The first-order valence-corrected chi connectivity index (χ1v) is 6.36. The van der Waals surface area contributed by atoms with Crippen LogP contribution in [0.4, 0.5) is 5.69 Å². The standard InChI is InChI=1S/C13H11N3OS/c1-8-2-4-9(5-3-8)12-15-13(17-16-12)11-10(14)6-7-18-11/h2-7H,14H2,1H3. The molecule has 0 aliphatic rings. The van der Waals surface area contributed by atoms with E-state index in [0.29, 0.717) is 17.4 Å². The van der Waals surface area contributed by atoms with Crippen LogP contribution >= 0.6 is 11.3 Å². The van der Waals surface area contributed by atoms with Crippen molar-refractivity contribution in [2.24, 2.45) is 0 Å². The fourth-order valence-electron chi connectivity index (χ4n) is 1.63. The monoisotopic (exact) mass is 257 g/mol. The molecule has 2 heterocycles. The van der Waals surface area contributed by atoms with E-state index in [-0.39, 0.29) is 0 Å². The zero-order valence-electron chi connectivity index (χ0n) is 9.75. The summed E-state index contributed by atoms with van der Waals surface area (Å²) >= 11 is 1.49. The maximum atomic E-state index is 5.82. The molecule has 0 aliphatic heterocycles. The normalized spacial score (nSPS) is 10.7. The van der Waals surface area contributed by atoms with Crippen LogP contribution in [0.2, 0.25) is 0 Å². The Morgan fingerprint density at radius 2 is 1.94 bits per heavy atom. The van der Waals surface area contributed by atoms with Gasteiger partial charge in [0.15, 0.2) is 0 Å². The predicted molar refractivity (Wildman–Crippen MR) is 72.2 cm³/mol. The fourth-order valence-corrected chi connectivity index (χ4v) is 2.37. The summed E-state index contributed by atoms with van der Waals surface area (Å²) in [6.07, 6.45) is 0. The number of nitrogens with two attached hydrogens (primary N) is 1. The zero-order valence-corrected chi connectivity index (χ0v) is 10.6. The van der Waals surface area contributed by atoms with Crippen molar-refractivity contribution < 1.29 is 4.52 Å². The molecule has 0 saturated carbocycles. The van der Waals surface area contributed by atoms with Gasteiger partial charge in [0, 0.05) is 5.56 Å². The molecule has 0 radical (unpaired) electrons. The molecule has 0 unspecified atom stereocenters. The van der Waals surface area contributed by atoms with Gasteiger partial charge in [0.1, 0.15) is 4.88 Å². The average molecular weight is 257 g/mol. The fraction of sp³-hybridized carbons (Fsp3) is 0.0769. The van der Waals surface area contributed by atoms with Crippen molar-refractivity contribution >= 4 is 17.0 Å². The van der Waals surface area contributed by atoms with Crippen molar-refractivity contribution in [3.63, 3.8) is 0 Å². The van der Waals surface area contributed by atoms with Crippen molar-refractivity contribution in [1.82, 2.24) is 10.1 Å². The summed E-state index contributed by atoms with van der Waals surface area (Å²) in [6, 6.07) is 9.81. The smallest absolute Gasteiger partial charge is 0.270 e. The molecule has 90 valence electrons. The van der Waals surface area contributed by atoms with E-state index in [0.717, 1.165) is 10.4 Å². The number of nitrogen functional groups attached to an aromatic ring is 1. The first kappa shape index (κ1) is 11.0. The number of hydrogen-bond donors (Lipinski definition) is 1. The van der Waals surface area contributed by atoms with E-state index < -0.39 is 0 Å². The summed E-state index contributed by atoms with van der Waals surface area (Å²) in [4.78, 5) is 5.19. The second kappa shape index (κ2) is 4.27. The van der Waals surface area contributed by atoms with Gasteiger partial charge in [-0.25, -0.2) is 0 Å². The number of nitrogens with zero attached hydrogens (tertiary/aromatic N) is 2. The second-order valence-corrected chi connectivity index (χ2v) is 4.91. The maximum absolute atomic E-state index is 5.82. The van der Waals surface area contributed by atoms with E-state index in [1.807, 2.05) is 42.6 Å². The highest BCUT2D eigenvalue weighted by atomic mass is 32.1. The van der Waals surface area contributed by atoms with E-state index in [4.69, 9.17) is 10.3 Å². The van der Waals surface area contributed by atoms with Crippen LogP contribution in [0.15, 0.2) is 40.2 Å². The van der Waals surface area contributed by atoms with E-state index in [1.54, 1.807) is 0 Å². The Hall–Kier alpha value is -2.14. The van der Waals surface area contributed by atoms with E-state index >= 15 is 0 Å². The van der Waals surface area contributed by atoms with Gasteiger partial charge in [0.2, 0.25) is 5.82 Å². The minimum Gasteiger partial charge on any atom is -0.397 e. The first-order valence-electron chi connectivity index (χ1n) is 5.48. The molecular weight excluding hydrogens is 246 g/mol. The molecule has 0 aliphatic carbocycles. The quantitative estimate of drug-likeness (QED) is 0.764. The molecule has 0 fully saturated rings. The second-order valence-electron chi connectivity index (χ2n) is 3.99. The summed E-state index contributed by atoms with van der Waals surface area (Å²) in [5.74, 6) is 1.05. The van der Waals surface area contributed by atoms with Crippen LogP contribution < -0.4 is 5.73 Å². The average Bonchev–Trinajstić information content (AvgIpc) is 2.98. The Bertz CT molecular complexity index is 670. The summed E-state index contributed by atoms with van der Waals surface area (Å²) in [6.45, 7) is 2.04. The lowest BCUT2D eigenvalue weighted by Crippen LogP contribution is -1.84. The van der Waals surface area contributed by atoms with Crippen molar-refractivity contribution in [3.8, 4) is 22.2 Å². The molecule has 2 aromatic heterocycles. The zero-order chi connectivity index (χ0) is 12.5.